The summed E-state index contributed by atoms with van der Waals surface area (Å²) in [5.41, 5.74) is 2.98. The lowest BCUT2D eigenvalue weighted by molar-refractivity contribution is 0.117. The van der Waals surface area contributed by atoms with Gasteiger partial charge in [0, 0.05) is 12.5 Å². The number of hydrogen-bond donors (Lipinski definition) is 1. The Bertz CT molecular complexity index is 298. The van der Waals surface area contributed by atoms with Gasteiger partial charge in [-0.05, 0) is 24.6 Å². The van der Waals surface area contributed by atoms with E-state index in [0.29, 0.717) is 5.92 Å². The number of likely N-dealkylation sites (N-methyl/N-ethyl adjacent to an activating group) is 1. The van der Waals surface area contributed by atoms with Crippen molar-refractivity contribution in [1.29, 1.82) is 0 Å². The molecule has 0 saturated carbocycles. The van der Waals surface area contributed by atoms with Gasteiger partial charge in [0.2, 0.25) is 0 Å². The highest BCUT2D eigenvalue weighted by molar-refractivity contribution is 5.39. The minimum Gasteiger partial charge on any atom is -0.379 e. The highest BCUT2D eigenvalue weighted by Crippen LogP contribution is 2.34. The van der Waals surface area contributed by atoms with Gasteiger partial charge in [-0.3, -0.25) is 0 Å². The van der Waals surface area contributed by atoms with E-state index in [0.717, 1.165) is 19.8 Å². The average molecular weight is 191 g/mol. The van der Waals surface area contributed by atoms with Gasteiger partial charge in [-0.1, -0.05) is 24.3 Å². The average Bonchev–Trinajstić information content (AvgIpc) is 2.19. The van der Waals surface area contributed by atoms with E-state index in [1.807, 2.05) is 7.05 Å². The molecule has 0 bridgehead atoms. The molecule has 0 fully saturated rings. The van der Waals surface area contributed by atoms with Crippen LogP contribution in [0.5, 0.6) is 0 Å². The molecule has 0 saturated heterocycles. The summed E-state index contributed by atoms with van der Waals surface area (Å²) < 4.78 is 5.57. The molecular weight excluding hydrogens is 174 g/mol. The van der Waals surface area contributed by atoms with Gasteiger partial charge < -0.3 is 10.1 Å². The second-order valence-electron chi connectivity index (χ2n) is 3.78. The molecule has 1 aliphatic carbocycles. The van der Waals surface area contributed by atoms with E-state index in [9.17, 15) is 0 Å². The minimum absolute atomic E-state index is 0.642. The molecule has 1 aliphatic rings. The molecule has 0 heterocycles. The second-order valence-corrected chi connectivity index (χ2v) is 3.78. The maximum Gasteiger partial charge on any atom is 0.0591 e. The smallest absolute Gasteiger partial charge is 0.0591 e. The first-order valence-corrected chi connectivity index (χ1v) is 5.22. The van der Waals surface area contributed by atoms with Crippen LogP contribution < -0.4 is 5.32 Å². The Morgan fingerprint density at radius 1 is 1.43 bits per heavy atom. The molecule has 14 heavy (non-hydrogen) atoms. The summed E-state index contributed by atoms with van der Waals surface area (Å²) in [6.07, 6.45) is 1.19. The number of rotatable bonds is 5. The monoisotopic (exact) mass is 191 g/mol. The molecule has 1 aromatic rings. The zero-order valence-corrected chi connectivity index (χ0v) is 8.62. The van der Waals surface area contributed by atoms with E-state index < -0.39 is 0 Å². The predicted molar refractivity (Wildman–Crippen MR) is 57.6 cm³/mol. The largest absolute Gasteiger partial charge is 0.379 e. The van der Waals surface area contributed by atoms with Crippen molar-refractivity contribution in [1.82, 2.24) is 5.32 Å². The number of hydrogen-bond acceptors (Lipinski definition) is 2. The van der Waals surface area contributed by atoms with Crippen LogP contribution in [0.2, 0.25) is 0 Å². The van der Waals surface area contributed by atoms with Crippen LogP contribution in [0.4, 0.5) is 0 Å². The molecule has 1 aromatic carbocycles. The Morgan fingerprint density at radius 2 is 2.29 bits per heavy atom. The molecule has 2 heteroatoms. The lowest BCUT2D eigenvalue weighted by Gasteiger charge is -2.29. The fourth-order valence-corrected chi connectivity index (χ4v) is 1.91. The highest BCUT2D eigenvalue weighted by Gasteiger charge is 2.24. The van der Waals surface area contributed by atoms with E-state index in [1.165, 1.54) is 17.5 Å². The molecule has 1 N–H and O–H groups in total. The molecule has 2 rings (SSSR count). The van der Waals surface area contributed by atoms with Gasteiger partial charge in [0.25, 0.3) is 0 Å². The molecule has 76 valence electrons. The molecule has 0 radical (unpaired) electrons. The molecule has 1 unspecified atom stereocenters. The van der Waals surface area contributed by atoms with Crippen molar-refractivity contribution >= 4 is 0 Å². The van der Waals surface area contributed by atoms with Gasteiger partial charge in [-0.15, -0.1) is 0 Å². The maximum atomic E-state index is 5.57. The molecule has 0 aromatic heterocycles. The Morgan fingerprint density at radius 3 is 3.07 bits per heavy atom. The van der Waals surface area contributed by atoms with E-state index in [4.69, 9.17) is 4.74 Å². The summed E-state index contributed by atoms with van der Waals surface area (Å²) in [6.45, 7) is 2.63. The van der Waals surface area contributed by atoms with E-state index in [1.54, 1.807) is 0 Å². The molecule has 2 nitrogen and oxygen atoms in total. The Labute approximate surface area is 85.3 Å². The van der Waals surface area contributed by atoms with E-state index in [-0.39, 0.29) is 0 Å². The van der Waals surface area contributed by atoms with Gasteiger partial charge in [-0.25, -0.2) is 0 Å². The first-order valence-electron chi connectivity index (χ1n) is 5.22. The number of fused-ring (bicyclic) bond motifs is 1. The van der Waals surface area contributed by atoms with Crippen molar-refractivity contribution in [2.24, 2.45) is 0 Å². The van der Waals surface area contributed by atoms with Crippen LogP contribution in [0.1, 0.15) is 17.0 Å². The van der Waals surface area contributed by atoms with Gasteiger partial charge in [-0.2, -0.15) is 0 Å². The number of ether oxygens (including phenoxy) is 1. The van der Waals surface area contributed by atoms with Crippen molar-refractivity contribution in [3.63, 3.8) is 0 Å². The van der Waals surface area contributed by atoms with Gasteiger partial charge >= 0.3 is 0 Å². The third kappa shape index (κ3) is 1.97. The quantitative estimate of drug-likeness (QED) is 0.713. The Hall–Kier alpha value is -0.860. The third-order valence-corrected chi connectivity index (χ3v) is 2.78. The van der Waals surface area contributed by atoms with E-state index in [2.05, 4.69) is 29.6 Å². The lowest BCUT2D eigenvalue weighted by atomic mass is 9.78. The zero-order valence-electron chi connectivity index (χ0n) is 8.62. The summed E-state index contributed by atoms with van der Waals surface area (Å²) in [7, 11) is 1.95. The maximum absolute atomic E-state index is 5.57. The topological polar surface area (TPSA) is 21.3 Å². The lowest BCUT2D eigenvalue weighted by Crippen LogP contribution is -2.23. The second kappa shape index (κ2) is 4.58. The predicted octanol–water partition coefficient (Wildman–Crippen LogP) is 1.56. The van der Waals surface area contributed by atoms with Gasteiger partial charge in [0.05, 0.1) is 13.2 Å². The SMILES string of the molecule is CNCCOCC1Cc2ccccc21. The molecular formula is C12H17NO. The van der Waals surface area contributed by atoms with Crippen LogP contribution in [-0.4, -0.2) is 26.8 Å². The van der Waals surface area contributed by atoms with Crippen molar-refractivity contribution in [3.8, 4) is 0 Å². The normalized spacial score (nSPS) is 18.8. The van der Waals surface area contributed by atoms with Crippen LogP contribution >= 0.6 is 0 Å². The summed E-state index contributed by atoms with van der Waals surface area (Å²) in [4.78, 5) is 0. The van der Waals surface area contributed by atoms with Crippen LogP contribution in [0.3, 0.4) is 0 Å². The highest BCUT2D eigenvalue weighted by atomic mass is 16.5. The first-order chi connectivity index (χ1) is 6.92. The standard InChI is InChI=1S/C12H17NO/c1-13-6-7-14-9-11-8-10-4-2-3-5-12(10)11/h2-5,11,13H,6-9H2,1H3. The van der Waals surface area contributed by atoms with E-state index >= 15 is 0 Å². The minimum atomic E-state index is 0.642. The molecule has 0 amide bonds. The van der Waals surface area contributed by atoms with Gasteiger partial charge in [0.15, 0.2) is 0 Å². The summed E-state index contributed by atoms with van der Waals surface area (Å²) in [6, 6.07) is 8.64. The Balaban J connectivity index is 1.76. The summed E-state index contributed by atoms with van der Waals surface area (Å²) in [5, 5.41) is 3.07. The van der Waals surface area contributed by atoms with Crippen LogP contribution in [0.15, 0.2) is 24.3 Å². The fraction of sp³-hybridized carbons (Fsp3) is 0.500. The summed E-state index contributed by atoms with van der Waals surface area (Å²) >= 11 is 0. The Kier molecular flexibility index (Phi) is 3.17. The molecule has 0 spiro atoms. The van der Waals surface area contributed by atoms with Crippen LogP contribution in [-0.2, 0) is 11.2 Å². The first kappa shape index (κ1) is 9.69. The number of nitrogens with one attached hydrogen (secondary N) is 1. The van der Waals surface area contributed by atoms with Crippen LogP contribution in [0, 0.1) is 0 Å². The zero-order chi connectivity index (χ0) is 9.80. The molecule has 1 atom stereocenters. The summed E-state index contributed by atoms with van der Waals surface area (Å²) in [5.74, 6) is 0.642. The number of benzene rings is 1. The van der Waals surface area contributed by atoms with Crippen molar-refractivity contribution < 1.29 is 4.74 Å². The molecule has 0 aliphatic heterocycles. The van der Waals surface area contributed by atoms with Crippen molar-refractivity contribution in [2.45, 2.75) is 12.3 Å². The van der Waals surface area contributed by atoms with Crippen LogP contribution in [0.25, 0.3) is 0 Å². The third-order valence-electron chi connectivity index (χ3n) is 2.78. The van der Waals surface area contributed by atoms with Crippen molar-refractivity contribution in [2.75, 3.05) is 26.8 Å². The van der Waals surface area contributed by atoms with Gasteiger partial charge in [0.1, 0.15) is 0 Å². The fourth-order valence-electron chi connectivity index (χ4n) is 1.91. The van der Waals surface area contributed by atoms with Crippen molar-refractivity contribution in [3.05, 3.63) is 35.4 Å².